The van der Waals surface area contributed by atoms with Crippen molar-refractivity contribution in [2.24, 2.45) is 0 Å². The Morgan fingerprint density at radius 1 is 1.15 bits per heavy atom. The molecule has 1 saturated carbocycles. The lowest BCUT2D eigenvalue weighted by Crippen LogP contribution is -2.24. The second-order valence-electron chi connectivity index (χ2n) is 5.20. The van der Waals surface area contributed by atoms with Gasteiger partial charge in [-0.1, -0.05) is 42.5 Å². The van der Waals surface area contributed by atoms with E-state index in [2.05, 4.69) is 10.3 Å². The monoisotopic (exact) mass is 309 g/mol. The van der Waals surface area contributed by atoms with Gasteiger partial charge < -0.3 is 5.32 Å². The molecule has 3 rings (SSSR count). The molecule has 0 bridgehead atoms. The SMILES string of the molecule is Clc1ccc(-n2ccnc2NC2CCCCC2)c(Cl)c1. The first-order valence-corrected chi connectivity index (χ1v) is 7.75. The summed E-state index contributed by atoms with van der Waals surface area (Å²) in [6.45, 7) is 0. The van der Waals surface area contributed by atoms with Gasteiger partial charge in [-0.15, -0.1) is 0 Å². The van der Waals surface area contributed by atoms with Crippen LogP contribution in [0.2, 0.25) is 10.0 Å². The van der Waals surface area contributed by atoms with Crippen LogP contribution in [0.5, 0.6) is 0 Å². The zero-order valence-corrected chi connectivity index (χ0v) is 12.7. The van der Waals surface area contributed by atoms with Crippen molar-refractivity contribution in [1.82, 2.24) is 9.55 Å². The summed E-state index contributed by atoms with van der Waals surface area (Å²) < 4.78 is 1.98. The van der Waals surface area contributed by atoms with Crippen molar-refractivity contribution >= 4 is 29.2 Å². The van der Waals surface area contributed by atoms with Crippen molar-refractivity contribution in [3.8, 4) is 5.69 Å². The van der Waals surface area contributed by atoms with Crippen molar-refractivity contribution in [3.63, 3.8) is 0 Å². The highest BCUT2D eigenvalue weighted by Crippen LogP contribution is 2.28. The summed E-state index contributed by atoms with van der Waals surface area (Å²) in [6.07, 6.45) is 10.1. The highest BCUT2D eigenvalue weighted by atomic mass is 35.5. The lowest BCUT2D eigenvalue weighted by molar-refractivity contribution is 0.460. The standard InChI is InChI=1S/C15H17Cl2N3/c16-11-6-7-14(13(17)10-11)20-9-8-18-15(20)19-12-4-2-1-3-5-12/h6-10,12H,1-5H2,(H,18,19). The Bertz CT molecular complexity index is 589. The molecule has 0 saturated heterocycles. The van der Waals surface area contributed by atoms with Gasteiger partial charge in [-0.05, 0) is 31.0 Å². The van der Waals surface area contributed by atoms with E-state index >= 15 is 0 Å². The molecule has 0 spiro atoms. The maximum atomic E-state index is 6.27. The summed E-state index contributed by atoms with van der Waals surface area (Å²) in [4.78, 5) is 4.41. The molecule has 1 aliphatic carbocycles. The molecule has 1 aromatic carbocycles. The minimum atomic E-state index is 0.510. The summed E-state index contributed by atoms with van der Waals surface area (Å²) in [7, 11) is 0. The van der Waals surface area contributed by atoms with Crippen LogP contribution in [0.4, 0.5) is 5.95 Å². The summed E-state index contributed by atoms with van der Waals surface area (Å²) in [5.41, 5.74) is 0.895. The van der Waals surface area contributed by atoms with Crippen LogP contribution in [-0.2, 0) is 0 Å². The maximum Gasteiger partial charge on any atom is 0.207 e. The lowest BCUT2D eigenvalue weighted by atomic mass is 9.96. The average molecular weight is 310 g/mol. The van der Waals surface area contributed by atoms with Gasteiger partial charge in [0.25, 0.3) is 0 Å². The number of anilines is 1. The van der Waals surface area contributed by atoms with Gasteiger partial charge in [0.15, 0.2) is 0 Å². The van der Waals surface area contributed by atoms with Gasteiger partial charge in [0, 0.05) is 23.5 Å². The summed E-state index contributed by atoms with van der Waals surface area (Å²) in [5, 5.41) is 4.80. The molecule has 1 aromatic heterocycles. The van der Waals surface area contributed by atoms with E-state index in [1.165, 1.54) is 32.1 Å². The summed E-state index contributed by atoms with van der Waals surface area (Å²) >= 11 is 12.2. The number of halogens is 2. The van der Waals surface area contributed by atoms with Crippen LogP contribution in [0.25, 0.3) is 5.69 Å². The van der Waals surface area contributed by atoms with E-state index in [0.29, 0.717) is 16.1 Å². The molecule has 5 heteroatoms. The molecule has 0 atom stereocenters. The fourth-order valence-electron chi connectivity index (χ4n) is 2.71. The van der Waals surface area contributed by atoms with Gasteiger partial charge in [0.1, 0.15) is 0 Å². The van der Waals surface area contributed by atoms with Crippen molar-refractivity contribution in [3.05, 3.63) is 40.6 Å². The van der Waals surface area contributed by atoms with Crippen LogP contribution in [0.15, 0.2) is 30.6 Å². The predicted molar refractivity (Wildman–Crippen MR) is 84.1 cm³/mol. The molecule has 20 heavy (non-hydrogen) atoms. The van der Waals surface area contributed by atoms with Crippen molar-refractivity contribution in [2.75, 3.05) is 5.32 Å². The number of hydrogen-bond donors (Lipinski definition) is 1. The molecule has 1 aliphatic rings. The first-order valence-electron chi connectivity index (χ1n) is 6.99. The average Bonchev–Trinajstić information content (AvgIpc) is 2.88. The third kappa shape index (κ3) is 2.94. The Kier molecular flexibility index (Phi) is 4.18. The molecule has 1 fully saturated rings. The topological polar surface area (TPSA) is 29.9 Å². The van der Waals surface area contributed by atoms with E-state index in [1.807, 2.05) is 22.9 Å². The Morgan fingerprint density at radius 3 is 2.70 bits per heavy atom. The van der Waals surface area contributed by atoms with Crippen molar-refractivity contribution in [1.29, 1.82) is 0 Å². The summed E-state index contributed by atoms with van der Waals surface area (Å²) in [6, 6.07) is 6.02. The highest BCUT2D eigenvalue weighted by Gasteiger charge is 2.16. The summed E-state index contributed by atoms with van der Waals surface area (Å²) in [5.74, 6) is 0.848. The molecule has 106 valence electrons. The quantitative estimate of drug-likeness (QED) is 0.871. The van der Waals surface area contributed by atoms with Gasteiger partial charge in [0.2, 0.25) is 5.95 Å². The van der Waals surface area contributed by atoms with E-state index in [4.69, 9.17) is 23.2 Å². The van der Waals surface area contributed by atoms with Crippen molar-refractivity contribution < 1.29 is 0 Å². The normalized spacial score (nSPS) is 16.3. The van der Waals surface area contributed by atoms with Gasteiger partial charge in [0.05, 0.1) is 10.7 Å². The Labute approximate surface area is 128 Å². The van der Waals surface area contributed by atoms with Gasteiger partial charge in [-0.25, -0.2) is 4.98 Å². The first-order chi connectivity index (χ1) is 9.74. The minimum absolute atomic E-state index is 0.510. The molecule has 3 nitrogen and oxygen atoms in total. The zero-order valence-electron chi connectivity index (χ0n) is 11.1. The molecule has 1 heterocycles. The lowest BCUT2D eigenvalue weighted by Gasteiger charge is -2.23. The molecular formula is C15H17Cl2N3. The Balaban J connectivity index is 1.85. The minimum Gasteiger partial charge on any atom is -0.353 e. The number of benzene rings is 1. The van der Waals surface area contributed by atoms with Crippen LogP contribution in [0, 0.1) is 0 Å². The number of aromatic nitrogens is 2. The van der Waals surface area contributed by atoms with Crippen LogP contribution in [-0.4, -0.2) is 15.6 Å². The molecule has 0 aliphatic heterocycles. The molecule has 1 N–H and O–H groups in total. The van der Waals surface area contributed by atoms with Gasteiger partial charge in [-0.3, -0.25) is 4.57 Å². The fraction of sp³-hybridized carbons (Fsp3) is 0.400. The predicted octanol–water partition coefficient (Wildman–Crippen LogP) is 4.92. The smallest absolute Gasteiger partial charge is 0.207 e. The number of imidazole rings is 1. The van der Waals surface area contributed by atoms with Crippen LogP contribution >= 0.6 is 23.2 Å². The fourth-order valence-corrected chi connectivity index (χ4v) is 3.21. The van der Waals surface area contributed by atoms with E-state index < -0.39 is 0 Å². The molecule has 2 aromatic rings. The largest absolute Gasteiger partial charge is 0.353 e. The van der Waals surface area contributed by atoms with Gasteiger partial charge >= 0.3 is 0 Å². The van der Waals surface area contributed by atoms with Crippen LogP contribution in [0.3, 0.4) is 0 Å². The second-order valence-corrected chi connectivity index (χ2v) is 6.04. The van der Waals surface area contributed by atoms with E-state index in [0.717, 1.165) is 11.6 Å². The number of nitrogens with zero attached hydrogens (tertiary/aromatic N) is 2. The van der Waals surface area contributed by atoms with Crippen LogP contribution in [0.1, 0.15) is 32.1 Å². The van der Waals surface area contributed by atoms with Crippen molar-refractivity contribution in [2.45, 2.75) is 38.1 Å². The molecular weight excluding hydrogens is 293 g/mol. The zero-order chi connectivity index (χ0) is 13.9. The van der Waals surface area contributed by atoms with Crippen LogP contribution < -0.4 is 5.32 Å². The first kappa shape index (κ1) is 13.8. The highest BCUT2D eigenvalue weighted by molar-refractivity contribution is 6.35. The van der Waals surface area contributed by atoms with E-state index in [9.17, 15) is 0 Å². The number of nitrogens with one attached hydrogen (secondary N) is 1. The Morgan fingerprint density at radius 2 is 1.95 bits per heavy atom. The number of hydrogen-bond acceptors (Lipinski definition) is 2. The number of rotatable bonds is 3. The third-order valence-corrected chi connectivity index (χ3v) is 4.29. The molecule has 0 unspecified atom stereocenters. The van der Waals surface area contributed by atoms with E-state index in [1.54, 1.807) is 12.3 Å². The maximum absolute atomic E-state index is 6.27. The second kappa shape index (κ2) is 6.06. The van der Waals surface area contributed by atoms with E-state index in [-0.39, 0.29) is 0 Å². The molecule has 0 amide bonds. The van der Waals surface area contributed by atoms with Gasteiger partial charge in [-0.2, -0.15) is 0 Å². The third-order valence-electron chi connectivity index (χ3n) is 3.75. The molecule has 0 radical (unpaired) electrons. The Hall–Kier alpha value is -1.19.